The van der Waals surface area contributed by atoms with Crippen molar-refractivity contribution >= 4 is 59.0 Å². The molecule has 9 aromatic rings. The van der Waals surface area contributed by atoms with Crippen molar-refractivity contribution in [1.82, 2.24) is 0 Å². The SMILES string of the molecule is [Au+].[Au+].[C-]#Cc1ccc2c(c1)Cc1ccccc1-2.[C-]#Cc1ccc2c(c1)oc1ccccc12.c1ccc([PH+](CCCC[PH+](c2ccccc2)c2ccccc2)c2ccccc2)cc1. The third-order valence-electron chi connectivity index (χ3n) is 11.1. The quantitative estimate of drug-likeness (QED) is 0.0462. The van der Waals surface area contributed by atoms with Crippen LogP contribution in [-0.4, -0.2) is 12.3 Å². The fraction of sp³-hybridized carbons (Fsp3) is 0.0877. The molecule has 0 atom stereocenters. The van der Waals surface area contributed by atoms with Crippen LogP contribution in [0, 0.1) is 24.7 Å². The average molecular weight is 1200 g/mol. The molecule has 5 heteroatoms. The first-order valence-corrected chi connectivity index (χ1v) is 24.0. The zero-order valence-electron chi connectivity index (χ0n) is 34.2. The Hall–Kier alpha value is -4.98. The van der Waals surface area contributed by atoms with Gasteiger partial charge in [0.1, 0.15) is 11.2 Å². The summed E-state index contributed by atoms with van der Waals surface area (Å²) in [5.41, 5.74) is 8.64. The van der Waals surface area contributed by atoms with Crippen LogP contribution in [0.2, 0.25) is 0 Å². The molecule has 1 heterocycles. The van der Waals surface area contributed by atoms with Gasteiger partial charge in [-0.3, -0.25) is 11.8 Å². The van der Waals surface area contributed by atoms with Gasteiger partial charge in [-0.1, -0.05) is 139 Å². The molecule has 0 radical (unpaired) electrons. The van der Waals surface area contributed by atoms with E-state index in [2.05, 4.69) is 170 Å². The summed E-state index contributed by atoms with van der Waals surface area (Å²) in [6.07, 6.45) is 20.4. The third kappa shape index (κ3) is 11.5. The minimum absolute atomic E-state index is 0. The van der Waals surface area contributed by atoms with E-state index in [1.807, 2.05) is 48.5 Å². The molecule has 0 N–H and O–H groups in total. The van der Waals surface area contributed by atoms with Gasteiger partial charge in [-0.2, -0.15) is 0 Å². The molecule has 0 fully saturated rings. The maximum atomic E-state index is 7.12. The molecule has 1 aliphatic rings. The molecule has 0 spiro atoms. The monoisotopic (exact) mass is 1200 g/mol. The van der Waals surface area contributed by atoms with Crippen LogP contribution in [0.5, 0.6) is 0 Å². The Morgan fingerprint density at radius 3 is 1.35 bits per heavy atom. The molecule has 0 bridgehead atoms. The number of unbranched alkanes of at least 4 members (excludes halogenated alkanes) is 1. The molecule has 1 nitrogen and oxygen atoms in total. The standard InChI is InChI=1S/C28H28P2.C15H9.C14H7O.2Au/c1-5-15-25(16-6-1)29(26-17-7-2-8-18-26)23-13-14-24-30(27-19-9-3-10-20-27)28-21-11-4-12-22-28;1-2-11-7-8-15-13(9-11)10-12-5-3-4-6-14(12)15;1-2-10-7-8-12-11-5-3-4-6-13(11)15-14(12)9-10;;/h1-12,15-22H,13-14,23-24H2;3-9H,10H2;3-9H;;/q;2*-1;2*+1/p+2. The van der Waals surface area contributed by atoms with Gasteiger partial charge in [-0.25, -0.2) is 0 Å². The summed E-state index contributed by atoms with van der Waals surface area (Å²) < 4.78 is 5.67. The van der Waals surface area contributed by atoms with Crippen LogP contribution in [0.1, 0.15) is 35.1 Å². The van der Waals surface area contributed by atoms with E-state index >= 15 is 0 Å². The zero-order chi connectivity index (χ0) is 40.9. The number of hydrogen-bond acceptors (Lipinski definition) is 1. The van der Waals surface area contributed by atoms with Crippen LogP contribution in [0.15, 0.2) is 211 Å². The van der Waals surface area contributed by atoms with Gasteiger partial charge in [0.15, 0.2) is 0 Å². The molecule has 0 aliphatic heterocycles. The van der Waals surface area contributed by atoms with Crippen LogP contribution in [0.4, 0.5) is 0 Å². The number of benzene rings is 8. The fourth-order valence-electron chi connectivity index (χ4n) is 8.10. The van der Waals surface area contributed by atoms with E-state index in [9.17, 15) is 0 Å². The van der Waals surface area contributed by atoms with E-state index in [0.717, 1.165) is 39.5 Å². The van der Waals surface area contributed by atoms with Gasteiger partial charge in [-0.15, -0.1) is 29.3 Å². The molecule has 1 aliphatic carbocycles. The van der Waals surface area contributed by atoms with Crippen LogP contribution < -0.4 is 21.2 Å². The molecule has 0 amide bonds. The summed E-state index contributed by atoms with van der Waals surface area (Å²) in [6, 6.07) is 72.8. The minimum atomic E-state index is -0.714. The fourth-order valence-corrected chi connectivity index (χ4v) is 13.5. The third-order valence-corrected chi connectivity index (χ3v) is 16.9. The molecule has 10 rings (SSSR count). The van der Waals surface area contributed by atoms with E-state index in [4.69, 9.17) is 17.3 Å². The Bertz CT molecular complexity index is 2720. The van der Waals surface area contributed by atoms with Crippen molar-refractivity contribution < 1.29 is 49.2 Å². The summed E-state index contributed by atoms with van der Waals surface area (Å²) >= 11 is 0. The van der Waals surface area contributed by atoms with E-state index in [0.29, 0.717) is 0 Å². The zero-order valence-corrected chi connectivity index (χ0v) is 40.5. The van der Waals surface area contributed by atoms with Crippen molar-refractivity contribution in [3.63, 3.8) is 0 Å². The summed E-state index contributed by atoms with van der Waals surface area (Å²) in [5, 5.41) is 8.33. The van der Waals surface area contributed by atoms with Gasteiger partial charge in [0.05, 0.1) is 49.4 Å². The second-order valence-electron chi connectivity index (χ2n) is 14.9. The molecule has 62 heavy (non-hydrogen) atoms. The van der Waals surface area contributed by atoms with E-state index in [1.54, 1.807) is 0 Å². The molecule has 0 saturated carbocycles. The van der Waals surface area contributed by atoms with Crippen molar-refractivity contribution in [2.24, 2.45) is 0 Å². The van der Waals surface area contributed by atoms with Gasteiger partial charge in [0, 0.05) is 10.8 Å². The molecule has 8 aromatic carbocycles. The largest absolute Gasteiger partial charge is 1.00 e. The predicted molar refractivity (Wildman–Crippen MR) is 261 cm³/mol. The summed E-state index contributed by atoms with van der Waals surface area (Å²) in [4.78, 5) is 0. The Balaban J connectivity index is 0.000000168. The minimum Gasteiger partial charge on any atom is -0.458 e. The predicted octanol–water partition coefficient (Wildman–Crippen LogP) is 12.2. The van der Waals surface area contributed by atoms with Crippen molar-refractivity contribution in [1.29, 1.82) is 0 Å². The summed E-state index contributed by atoms with van der Waals surface area (Å²) in [6.45, 7) is 0. The van der Waals surface area contributed by atoms with Gasteiger partial charge < -0.3 is 17.3 Å². The first-order valence-electron chi connectivity index (χ1n) is 20.6. The van der Waals surface area contributed by atoms with E-state index in [1.165, 1.54) is 68.6 Å². The van der Waals surface area contributed by atoms with Crippen molar-refractivity contribution in [2.75, 3.05) is 12.3 Å². The van der Waals surface area contributed by atoms with Crippen LogP contribution >= 0.6 is 15.8 Å². The number of rotatable bonds is 9. The topological polar surface area (TPSA) is 13.1 Å². The summed E-state index contributed by atoms with van der Waals surface area (Å²) in [7, 11) is -1.43. The smallest absolute Gasteiger partial charge is 0.458 e. The Morgan fingerprint density at radius 2 is 0.823 bits per heavy atom. The normalized spacial score (nSPS) is 10.8. The Labute approximate surface area is 400 Å². The molecule has 0 saturated heterocycles. The van der Waals surface area contributed by atoms with E-state index < -0.39 is 15.8 Å². The molecule has 0 unspecified atom stereocenters. The first-order chi connectivity index (χ1) is 29.7. The maximum absolute atomic E-state index is 7.12. The first kappa shape index (κ1) is 46.5. The maximum Gasteiger partial charge on any atom is 1.00 e. The van der Waals surface area contributed by atoms with Crippen molar-refractivity contribution in [3.05, 3.63) is 241 Å². The number of hydrogen-bond donors (Lipinski definition) is 0. The molecule has 310 valence electrons. The molecular formula is C57H46Au2OP2+2. The van der Waals surface area contributed by atoms with Gasteiger partial charge in [-0.05, 0) is 90.6 Å². The second-order valence-corrected chi connectivity index (χ2v) is 20.1. The Kier molecular flexibility index (Phi) is 17.6. The second kappa shape index (κ2) is 23.5. The van der Waals surface area contributed by atoms with Crippen molar-refractivity contribution in [2.45, 2.75) is 19.3 Å². The van der Waals surface area contributed by atoms with Crippen LogP contribution in [-0.2, 0) is 51.2 Å². The Morgan fingerprint density at radius 1 is 0.403 bits per heavy atom. The molecular weight excluding hydrogens is 1160 g/mol. The van der Waals surface area contributed by atoms with Gasteiger partial charge in [0.2, 0.25) is 0 Å². The number of para-hydroxylation sites is 1. The van der Waals surface area contributed by atoms with Crippen LogP contribution in [0.3, 0.4) is 0 Å². The van der Waals surface area contributed by atoms with Crippen molar-refractivity contribution in [3.8, 4) is 23.0 Å². The summed E-state index contributed by atoms with van der Waals surface area (Å²) in [5.74, 6) is 4.79. The van der Waals surface area contributed by atoms with E-state index in [-0.39, 0.29) is 44.8 Å². The average Bonchev–Trinajstić information content (AvgIpc) is 3.89. The number of furan rings is 1. The van der Waals surface area contributed by atoms with Gasteiger partial charge >= 0.3 is 44.8 Å². The number of fused-ring (bicyclic) bond motifs is 6. The molecule has 1 aromatic heterocycles. The van der Waals surface area contributed by atoms with Gasteiger partial charge in [0.25, 0.3) is 0 Å². The van der Waals surface area contributed by atoms with Crippen LogP contribution in [0.25, 0.3) is 33.1 Å².